The molecule has 0 saturated heterocycles. The van der Waals surface area contributed by atoms with Gasteiger partial charge in [0.2, 0.25) is 0 Å². The Hall–Kier alpha value is -2.18. The van der Waals surface area contributed by atoms with E-state index in [0.717, 1.165) is 11.3 Å². The largest absolute Gasteiger partial charge is 0.495 e. The number of hydrogen-bond donors (Lipinski definition) is 1. The monoisotopic (exact) mass is 363 g/mol. The Labute approximate surface area is 149 Å². The van der Waals surface area contributed by atoms with E-state index in [0.29, 0.717) is 16.6 Å². The van der Waals surface area contributed by atoms with E-state index in [1.807, 2.05) is 36.4 Å². The van der Waals surface area contributed by atoms with E-state index in [1.54, 1.807) is 31.6 Å². The van der Waals surface area contributed by atoms with Crippen LogP contribution < -0.4 is 10.1 Å². The van der Waals surface area contributed by atoms with Crippen LogP contribution in [0.2, 0.25) is 5.02 Å². The van der Waals surface area contributed by atoms with Gasteiger partial charge in [0.15, 0.2) is 12.3 Å². The van der Waals surface area contributed by atoms with E-state index in [1.165, 1.54) is 3.97 Å². The third kappa shape index (κ3) is 3.49. The van der Waals surface area contributed by atoms with Crippen molar-refractivity contribution < 1.29 is 8.62 Å². The molecule has 0 amide bonds. The van der Waals surface area contributed by atoms with Crippen molar-refractivity contribution in [3.8, 4) is 5.75 Å². The lowest BCUT2D eigenvalue weighted by molar-refractivity contribution is 0.415. The second-order valence-electron chi connectivity index (χ2n) is 5.02. The molecule has 0 fully saturated rings. The average molecular weight is 364 g/mol. The highest BCUT2D eigenvalue weighted by Gasteiger charge is 2.20. The molecule has 1 aromatic heterocycles. The van der Waals surface area contributed by atoms with E-state index >= 15 is 0 Å². The lowest BCUT2D eigenvalue weighted by atomic mass is 10.1. The van der Waals surface area contributed by atoms with E-state index in [-0.39, 0.29) is 18.4 Å². The van der Waals surface area contributed by atoms with Gasteiger partial charge in [0.05, 0.1) is 12.1 Å². The first kappa shape index (κ1) is 16.7. The van der Waals surface area contributed by atoms with Crippen molar-refractivity contribution in [1.82, 2.24) is 8.96 Å². The van der Waals surface area contributed by atoms with Gasteiger partial charge in [0.25, 0.3) is 0 Å². The normalized spacial score (nSPS) is 12.0. The van der Waals surface area contributed by atoms with Crippen LogP contribution in [0.5, 0.6) is 5.75 Å². The van der Waals surface area contributed by atoms with Gasteiger partial charge in [-0.25, -0.2) is 8.96 Å². The number of rotatable bonds is 6. The van der Waals surface area contributed by atoms with E-state index in [9.17, 15) is 3.89 Å². The van der Waals surface area contributed by atoms with Crippen molar-refractivity contribution in [2.24, 2.45) is 0 Å². The second-order valence-corrected chi connectivity index (χ2v) is 5.96. The van der Waals surface area contributed by atoms with Gasteiger partial charge in [0, 0.05) is 18.1 Å². The minimum atomic E-state index is -0.325. The molecule has 0 aliphatic carbocycles. The SMILES string of the molecule is COc1ccc(NC(c2ccccc2)c2nccn2SF)cc1Cl. The predicted molar refractivity (Wildman–Crippen MR) is 96.2 cm³/mol. The molecule has 0 radical (unpaired) electrons. The quantitative estimate of drug-likeness (QED) is 0.659. The summed E-state index contributed by atoms with van der Waals surface area (Å²) in [4.78, 5) is 4.30. The zero-order chi connectivity index (χ0) is 16.9. The van der Waals surface area contributed by atoms with E-state index in [2.05, 4.69) is 10.3 Å². The van der Waals surface area contributed by atoms with Gasteiger partial charge in [-0.15, -0.1) is 3.89 Å². The second kappa shape index (κ2) is 7.59. The zero-order valence-corrected chi connectivity index (χ0v) is 14.4. The van der Waals surface area contributed by atoms with Crippen LogP contribution in [0.4, 0.5) is 9.57 Å². The molecule has 0 spiro atoms. The summed E-state index contributed by atoms with van der Waals surface area (Å²) in [6.45, 7) is 0. The minimum absolute atomic E-state index is 0.113. The molecular weight excluding hydrogens is 349 g/mol. The maximum atomic E-state index is 13.2. The van der Waals surface area contributed by atoms with Crippen molar-refractivity contribution in [3.05, 3.63) is 77.3 Å². The van der Waals surface area contributed by atoms with Crippen LogP contribution in [0.25, 0.3) is 0 Å². The number of ether oxygens (including phenoxy) is 1. The summed E-state index contributed by atoms with van der Waals surface area (Å²) in [7, 11) is 1.57. The van der Waals surface area contributed by atoms with Crippen LogP contribution in [-0.2, 0) is 0 Å². The molecule has 124 valence electrons. The fourth-order valence-corrected chi connectivity index (χ4v) is 3.01. The number of imidazole rings is 1. The molecule has 7 heteroatoms. The van der Waals surface area contributed by atoms with Crippen molar-refractivity contribution in [2.75, 3.05) is 12.4 Å². The first-order chi connectivity index (χ1) is 11.7. The van der Waals surface area contributed by atoms with Crippen molar-refractivity contribution in [1.29, 1.82) is 0 Å². The van der Waals surface area contributed by atoms with Crippen molar-refractivity contribution in [2.45, 2.75) is 6.04 Å². The van der Waals surface area contributed by atoms with Crippen LogP contribution in [0, 0.1) is 0 Å². The standard InChI is InChI=1S/C17H15ClFN3OS/c1-23-15-8-7-13(11-14(15)18)21-16(12-5-3-2-4-6-12)17-20-9-10-22(17)24-19/h2-11,16,21H,1H3. The van der Waals surface area contributed by atoms with Gasteiger partial charge in [0.1, 0.15) is 17.6 Å². The molecule has 1 atom stereocenters. The molecule has 1 unspecified atom stereocenters. The smallest absolute Gasteiger partial charge is 0.170 e. The highest BCUT2D eigenvalue weighted by atomic mass is 35.5. The number of nitrogens with one attached hydrogen (secondary N) is 1. The van der Waals surface area contributed by atoms with Crippen LogP contribution in [0.3, 0.4) is 0 Å². The highest BCUT2D eigenvalue weighted by molar-refractivity contribution is 7.92. The topological polar surface area (TPSA) is 39.1 Å². The van der Waals surface area contributed by atoms with Crippen LogP contribution in [-0.4, -0.2) is 16.1 Å². The van der Waals surface area contributed by atoms with Crippen molar-refractivity contribution >= 4 is 29.6 Å². The molecular formula is C17H15ClFN3OS. The highest BCUT2D eigenvalue weighted by Crippen LogP contribution is 2.32. The summed E-state index contributed by atoms with van der Waals surface area (Å²) in [6.07, 6.45) is 3.15. The molecule has 0 aliphatic heterocycles. The fraction of sp³-hybridized carbons (Fsp3) is 0.118. The summed E-state index contributed by atoms with van der Waals surface area (Å²) < 4.78 is 19.7. The Balaban J connectivity index is 1.98. The lowest BCUT2D eigenvalue weighted by Crippen LogP contribution is -2.16. The van der Waals surface area contributed by atoms with Crippen molar-refractivity contribution in [3.63, 3.8) is 0 Å². The molecule has 0 bridgehead atoms. The molecule has 2 aromatic carbocycles. The average Bonchev–Trinajstić information content (AvgIpc) is 3.09. The van der Waals surface area contributed by atoms with E-state index in [4.69, 9.17) is 16.3 Å². The number of aromatic nitrogens is 2. The van der Waals surface area contributed by atoms with Gasteiger partial charge in [-0.3, -0.25) is 0 Å². The summed E-state index contributed by atoms with van der Waals surface area (Å²) in [6, 6.07) is 14.8. The number of nitrogens with zero attached hydrogens (tertiary/aromatic N) is 2. The lowest BCUT2D eigenvalue weighted by Gasteiger charge is -2.20. The minimum Gasteiger partial charge on any atom is -0.495 e. The number of halogens is 2. The molecule has 1 N–H and O–H groups in total. The molecule has 0 aliphatic rings. The predicted octanol–water partition coefficient (Wildman–Crippen LogP) is 5.13. The molecule has 24 heavy (non-hydrogen) atoms. The van der Waals surface area contributed by atoms with E-state index < -0.39 is 0 Å². The number of anilines is 1. The van der Waals surface area contributed by atoms with Crippen LogP contribution in [0.1, 0.15) is 17.4 Å². The molecule has 4 nitrogen and oxygen atoms in total. The Morgan fingerprint density at radius 2 is 2.04 bits per heavy atom. The molecule has 1 heterocycles. The molecule has 3 aromatic rings. The Bertz CT molecular complexity index is 813. The van der Waals surface area contributed by atoms with Crippen LogP contribution in [0.15, 0.2) is 60.9 Å². The number of benzene rings is 2. The molecule has 0 saturated carbocycles. The maximum absolute atomic E-state index is 13.2. The zero-order valence-electron chi connectivity index (χ0n) is 12.8. The first-order valence-corrected chi connectivity index (χ1v) is 8.25. The molecule has 3 rings (SSSR count). The van der Waals surface area contributed by atoms with Gasteiger partial charge in [-0.05, 0) is 23.8 Å². The maximum Gasteiger partial charge on any atom is 0.170 e. The fourth-order valence-electron chi connectivity index (χ4n) is 2.43. The van der Waals surface area contributed by atoms with Gasteiger partial charge in [-0.1, -0.05) is 41.9 Å². The Morgan fingerprint density at radius 3 is 2.71 bits per heavy atom. The summed E-state index contributed by atoms with van der Waals surface area (Å²) in [5.74, 6) is 1.15. The number of hydrogen-bond acceptors (Lipinski definition) is 4. The first-order valence-electron chi connectivity index (χ1n) is 7.20. The summed E-state index contributed by atoms with van der Waals surface area (Å²) in [5.41, 5.74) is 1.75. The van der Waals surface area contributed by atoms with Gasteiger partial charge >= 0.3 is 0 Å². The number of methoxy groups -OCH3 is 1. The van der Waals surface area contributed by atoms with Gasteiger partial charge < -0.3 is 10.1 Å². The summed E-state index contributed by atoms with van der Waals surface area (Å²) in [5, 5.41) is 3.86. The Morgan fingerprint density at radius 1 is 1.25 bits per heavy atom. The third-order valence-corrected chi connectivity index (χ3v) is 4.32. The van der Waals surface area contributed by atoms with Gasteiger partial charge in [-0.2, -0.15) is 0 Å². The van der Waals surface area contributed by atoms with Crippen LogP contribution >= 0.6 is 23.9 Å². The Kier molecular flexibility index (Phi) is 5.27. The summed E-state index contributed by atoms with van der Waals surface area (Å²) >= 11 is 6.31. The third-order valence-electron chi connectivity index (χ3n) is 3.56.